The summed E-state index contributed by atoms with van der Waals surface area (Å²) in [5.41, 5.74) is 1.54. The molecule has 0 spiro atoms. The fourth-order valence-electron chi connectivity index (χ4n) is 2.86. The van der Waals surface area contributed by atoms with E-state index in [1.165, 1.54) is 0 Å². The zero-order valence-corrected chi connectivity index (χ0v) is 14.1. The molecular weight excluding hydrogens is 306 g/mol. The van der Waals surface area contributed by atoms with Gasteiger partial charge in [-0.2, -0.15) is 5.10 Å². The van der Waals surface area contributed by atoms with Crippen LogP contribution in [0.4, 0.5) is 5.82 Å². The highest BCUT2D eigenvalue weighted by atomic mass is 16.5. The van der Waals surface area contributed by atoms with Gasteiger partial charge < -0.3 is 14.5 Å². The second-order valence-electron chi connectivity index (χ2n) is 6.25. The molecular formula is C17H23N5O2. The molecule has 1 fully saturated rings. The first-order valence-electron chi connectivity index (χ1n) is 8.13. The van der Waals surface area contributed by atoms with Crippen molar-refractivity contribution in [1.82, 2.24) is 20.1 Å². The number of carbonyl (C=O) groups is 1. The number of ether oxygens (including phenoxy) is 1. The largest absolute Gasteiger partial charge is 0.379 e. The van der Waals surface area contributed by atoms with Crippen molar-refractivity contribution < 1.29 is 9.53 Å². The van der Waals surface area contributed by atoms with E-state index in [9.17, 15) is 4.79 Å². The predicted octanol–water partition coefficient (Wildman–Crippen LogP) is 1.20. The van der Waals surface area contributed by atoms with Crippen LogP contribution in [0.3, 0.4) is 0 Å². The maximum absolute atomic E-state index is 12.5. The molecule has 1 saturated heterocycles. The summed E-state index contributed by atoms with van der Waals surface area (Å²) in [6.07, 6.45) is 2.38. The summed E-state index contributed by atoms with van der Waals surface area (Å²) in [5.74, 6) is 1.13. The summed E-state index contributed by atoms with van der Waals surface area (Å²) in [5, 5.41) is 6.60. The van der Waals surface area contributed by atoms with E-state index in [1.807, 2.05) is 42.1 Å². The summed E-state index contributed by atoms with van der Waals surface area (Å²) < 4.78 is 5.70. The monoisotopic (exact) mass is 329 g/mol. The number of hydrogen-bond donors (Lipinski definition) is 1. The number of aromatic amines is 1. The smallest absolute Gasteiger partial charge is 0.271 e. The molecule has 0 aliphatic carbocycles. The predicted molar refractivity (Wildman–Crippen MR) is 91.1 cm³/mol. The van der Waals surface area contributed by atoms with Crippen LogP contribution in [0.5, 0.6) is 0 Å². The van der Waals surface area contributed by atoms with Crippen molar-refractivity contribution in [2.75, 3.05) is 45.3 Å². The van der Waals surface area contributed by atoms with Gasteiger partial charge in [-0.25, -0.2) is 4.98 Å². The highest BCUT2D eigenvalue weighted by molar-refractivity contribution is 5.92. The second kappa shape index (κ2) is 7.44. The fourth-order valence-corrected chi connectivity index (χ4v) is 2.86. The molecule has 24 heavy (non-hydrogen) atoms. The van der Waals surface area contributed by atoms with Crippen LogP contribution >= 0.6 is 0 Å². The first-order chi connectivity index (χ1) is 11.6. The van der Waals surface area contributed by atoms with Gasteiger partial charge in [0.1, 0.15) is 11.5 Å². The highest BCUT2D eigenvalue weighted by Crippen LogP contribution is 2.16. The van der Waals surface area contributed by atoms with Crippen molar-refractivity contribution in [2.45, 2.75) is 6.42 Å². The van der Waals surface area contributed by atoms with E-state index in [4.69, 9.17) is 4.74 Å². The molecule has 1 aliphatic heterocycles. The van der Waals surface area contributed by atoms with Crippen LogP contribution in [0.2, 0.25) is 0 Å². The van der Waals surface area contributed by atoms with Crippen molar-refractivity contribution in [2.24, 2.45) is 5.92 Å². The van der Waals surface area contributed by atoms with E-state index in [2.05, 4.69) is 15.2 Å². The molecule has 0 radical (unpaired) electrons. The van der Waals surface area contributed by atoms with Crippen LogP contribution in [0.15, 0.2) is 30.5 Å². The summed E-state index contributed by atoms with van der Waals surface area (Å²) >= 11 is 0. The summed E-state index contributed by atoms with van der Waals surface area (Å²) in [6, 6.07) is 7.73. The molecule has 0 bridgehead atoms. The minimum absolute atomic E-state index is 0.0296. The molecule has 3 rings (SSSR count). The van der Waals surface area contributed by atoms with E-state index in [1.54, 1.807) is 12.3 Å². The van der Waals surface area contributed by atoms with Crippen molar-refractivity contribution in [3.8, 4) is 0 Å². The van der Waals surface area contributed by atoms with Gasteiger partial charge in [-0.1, -0.05) is 6.07 Å². The number of pyridine rings is 1. The molecule has 128 valence electrons. The Hall–Kier alpha value is -2.41. The Labute approximate surface area is 141 Å². The number of H-pyrrole nitrogens is 1. The van der Waals surface area contributed by atoms with Gasteiger partial charge in [0.25, 0.3) is 5.91 Å². The molecule has 1 N–H and O–H groups in total. The first-order valence-corrected chi connectivity index (χ1v) is 8.13. The number of aromatic nitrogens is 3. The minimum Gasteiger partial charge on any atom is -0.379 e. The van der Waals surface area contributed by atoms with Crippen molar-refractivity contribution in [3.63, 3.8) is 0 Å². The first kappa shape index (κ1) is 16.4. The lowest BCUT2D eigenvalue weighted by molar-refractivity contribution is 0.0731. The summed E-state index contributed by atoms with van der Waals surface area (Å²) in [4.78, 5) is 21.0. The fraction of sp³-hybridized carbons (Fsp3) is 0.471. The quantitative estimate of drug-likeness (QED) is 0.912. The van der Waals surface area contributed by atoms with Crippen molar-refractivity contribution in [1.29, 1.82) is 0 Å². The van der Waals surface area contributed by atoms with Crippen LogP contribution in [-0.2, 0) is 11.2 Å². The lowest BCUT2D eigenvalue weighted by Crippen LogP contribution is -2.36. The maximum atomic E-state index is 12.5. The second-order valence-corrected chi connectivity index (χ2v) is 6.25. The lowest BCUT2D eigenvalue weighted by atomic mass is 10.0. The Morgan fingerprint density at radius 2 is 2.29 bits per heavy atom. The number of amides is 1. The van der Waals surface area contributed by atoms with E-state index in [0.29, 0.717) is 32.0 Å². The third-order valence-corrected chi connectivity index (χ3v) is 4.10. The molecule has 1 aliphatic rings. The number of nitrogens with zero attached hydrogens (tertiary/aromatic N) is 4. The molecule has 1 atom stereocenters. The lowest BCUT2D eigenvalue weighted by Gasteiger charge is -2.23. The SMILES string of the molecule is CN(C)c1cccc(CC2COCCN(C(=O)c3ccn[nH]3)C2)n1. The molecule has 7 heteroatoms. The zero-order chi connectivity index (χ0) is 16.9. The molecule has 2 aromatic heterocycles. The number of rotatable bonds is 4. The molecule has 7 nitrogen and oxygen atoms in total. The van der Waals surface area contributed by atoms with Gasteiger partial charge in [-0.3, -0.25) is 9.89 Å². The Morgan fingerprint density at radius 3 is 3.04 bits per heavy atom. The zero-order valence-electron chi connectivity index (χ0n) is 14.1. The normalized spacial score (nSPS) is 18.2. The number of nitrogens with one attached hydrogen (secondary N) is 1. The molecule has 3 heterocycles. The van der Waals surface area contributed by atoms with Crippen LogP contribution in [0.25, 0.3) is 0 Å². The maximum Gasteiger partial charge on any atom is 0.271 e. The summed E-state index contributed by atoms with van der Waals surface area (Å²) in [7, 11) is 3.96. The number of carbonyl (C=O) groups excluding carboxylic acids is 1. The van der Waals surface area contributed by atoms with E-state index >= 15 is 0 Å². The van der Waals surface area contributed by atoms with Crippen molar-refractivity contribution >= 4 is 11.7 Å². The topological polar surface area (TPSA) is 74.3 Å². The Kier molecular flexibility index (Phi) is 5.10. The van der Waals surface area contributed by atoms with Crippen LogP contribution in [-0.4, -0.2) is 66.4 Å². The van der Waals surface area contributed by atoms with Crippen LogP contribution < -0.4 is 4.90 Å². The van der Waals surface area contributed by atoms with Crippen LogP contribution in [0, 0.1) is 5.92 Å². The molecule has 2 aromatic rings. The van der Waals surface area contributed by atoms with Gasteiger partial charge in [0.05, 0.1) is 13.2 Å². The van der Waals surface area contributed by atoms with E-state index in [0.717, 1.165) is 17.9 Å². The molecule has 1 amide bonds. The Balaban J connectivity index is 1.69. The minimum atomic E-state index is -0.0296. The third kappa shape index (κ3) is 3.91. The van der Waals surface area contributed by atoms with E-state index in [-0.39, 0.29) is 11.8 Å². The van der Waals surface area contributed by atoms with Crippen molar-refractivity contribution in [3.05, 3.63) is 41.9 Å². The molecule has 1 unspecified atom stereocenters. The molecule has 0 saturated carbocycles. The average molecular weight is 329 g/mol. The van der Waals surface area contributed by atoms with Gasteiger partial charge >= 0.3 is 0 Å². The van der Waals surface area contributed by atoms with Crippen LogP contribution in [0.1, 0.15) is 16.2 Å². The third-order valence-electron chi connectivity index (χ3n) is 4.10. The van der Waals surface area contributed by atoms with E-state index < -0.39 is 0 Å². The Bertz CT molecular complexity index is 671. The Morgan fingerprint density at radius 1 is 1.42 bits per heavy atom. The molecule has 0 aromatic carbocycles. The van der Waals surface area contributed by atoms with Gasteiger partial charge in [0.2, 0.25) is 0 Å². The summed E-state index contributed by atoms with van der Waals surface area (Å²) in [6.45, 7) is 2.45. The number of hydrogen-bond acceptors (Lipinski definition) is 5. The number of anilines is 1. The average Bonchev–Trinajstić information content (AvgIpc) is 3.02. The van der Waals surface area contributed by atoms with Gasteiger partial charge in [-0.15, -0.1) is 0 Å². The van der Waals surface area contributed by atoms with Gasteiger partial charge in [-0.05, 0) is 24.6 Å². The van der Waals surface area contributed by atoms with Gasteiger partial charge in [0.15, 0.2) is 0 Å². The standard InChI is InChI=1S/C17H23N5O2/c1-21(2)16-5-3-4-14(19-16)10-13-11-22(8-9-24-12-13)17(23)15-6-7-18-20-15/h3-7,13H,8-12H2,1-2H3,(H,18,20). The highest BCUT2D eigenvalue weighted by Gasteiger charge is 2.24. The van der Waals surface area contributed by atoms with Gasteiger partial charge in [0, 0.05) is 45.0 Å².